The van der Waals surface area contributed by atoms with Crippen molar-refractivity contribution in [3.63, 3.8) is 0 Å². The molecule has 2 aromatic carbocycles. The van der Waals surface area contributed by atoms with E-state index in [9.17, 15) is 8.42 Å². The van der Waals surface area contributed by atoms with Gasteiger partial charge in [0, 0.05) is 31.2 Å². The lowest BCUT2D eigenvalue weighted by Gasteiger charge is -2.32. The highest BCUT2D eigenvalue weighted by Gasteiger charge is 2.23. The van der Waals surface area contributed by atoms with E-state index in [0.29, 0.717) is 10.9 Å². The number of aryl methyl sites for hydroxylation is 2. The monoisotopic (exact) mass is 491 g/mol. The highest BCUT2D eigenvalue weighted by molar-refractivity contribution is 7.93. The second-order valence-electron chi connectivity index (χ2n) is 8.12. The van der Waals surface area contributed by atoms with E-state index in [2.05, 4.69) is 46.7 Å². The number of halogens is 1. The van der Waals surface area contributed by atoms with E-state index >= 15 is 0 Å². The van der Waals surface area contributed by atoms with Gasteiger partial charge in [0.1, 0.15) is 11.9 Å². The number of benzene rings is 2. The van der Waals surface area contributed by atoms with Crippen LogP contribution >= 0.6 is 22.9 Å². The summed E-state index contributed by atoms with van der Waals surface area (Å²) in [5.74, 6) is 0.507. The molecule has 1 aromatic heterocycles. The molecule has 0 bridgehead atoms. The van der Waals surface area contributed by atoms with Gasteiger partial charge in [-0.3, -0.25) is 9.62 Å². The summed E-state index contributed by atoms with van der Waals surface area (Å²) in [7, 11) is -3.75. The minimum atomic E-state index is -3.75. The number of hydrogen-bond acceptors (Lipinski definition) is 6. The second kappa shape index (κ2) is 9.79. The minimum absolute atomic E-state index is 0.0545. The standard InChI is InChI=1S/C23H26ClN3O3S2/c1-16-11-17(2)13-18(12-16)15-27-8-5-19(6-9-27)30-22-4-3-20(14-21(22)24)32(28,29)26-23-25-7-10-31-23/h3-4,7,10-14,19H,5-6,8-9,15H2,1-2H3,(H,25,26). The number of hydrogen-bond donors (Lipinski definition) is 1. The number of likely N-dealkylation sites (tertiary alicyclic amines) is 1. The molecule has 3 aromatic rings. The first-order valence-electron chi connectivity index (χ1n) is 10.5. The zero-order valence-electron chi connectivity index (χ0n) is 18.0. The Bertz CT molecular complexity index is 1150. The number of piperidine rings is 1. The highest BCUT2D eigenvalue weighted by Crippen LogP contribution is 2.31. The Balaban J connectivity index is 1.34. The van der Waals surface area contributed by atoms with Gasteiger partial charge in [0.05, 0.1) is 9.92 Å². The van der Waals surface area contributed by atoms with Crippen LogP contribution in [0, 0.1) is 13.8 Å². The van der Waals surface area contributed by atoms with Gasteiger partial charge in [0.2, 0.25) is 0 Å². The van der Waals surface area contributed by atoms with Crippen molar-refractivity contribution in [2.24, 2.45) is 0 Å². The third-order valence-electron chi connectivity index (χ3n) is 5.38. The summed E-state index contributed by atoms with van der Waals surface area (Å²) in [4.78, 5) is 6.47. The molecule has 32 heavy (non-hydrogen) atoms. The zero-order chi connectivity index (χ0) is 22.7. The van der Waals surface area contributed by atoms with Crippen molar-refractivity contribution in [3.8, 4) is 5.75 Å². The van der Waals surface area contributed by atoms with Gasteiger partial charge in [-0.15, -0.1) is 11.3 Å². The van der Waals surface area contributed by atoms with Gasteiger partial charge in [0.25, 0.3) is 10.0 Å². The normalized spacial score (nSPS) is 15.6. The largest absolute Gasteiger partial charge is 0.489 e. The molecular weight excluding hydrogens is 466 g/mol. The van der Waals surface area contributed by atoms with E-state index < -0.39 is 10.0 Å². The molecule has 0 unspecified atom stereocenters. The number of thiazole rings is 1. The highest BCUT2D eigenvalue weighted by atomic mass is 35.5. The predicted octanol–water partition coefficient (Wildman–Crippen LogP) is 5.26. The first-order valence-corrected chi connectivity index (χ1v) is 13.2. The predicted molar refractivity (Wildman–Crippen MR) is 129 cm³/mol. The number of sulfonamides is 1. The molecule has 0 radical (unpaired) electrons. The topological polar surface area (TPSA) is 71.5 Å². The molecule has 0 saturated carbocycles. The Morgan fingerprint density at radius 1 is 1.16 bits per heavy atom. The number of rotatable bonds is 7. The van der Waals surface area contributed by atoms with Crippen molar-refractivity contribution in [1.29, 1.82) is 0 Å². The Morgan fingerprint density at radius 3 is 2.50 bits per heavy atom. The Labute approximate surface area is 198 Å². The first kappa shape index (κ1) is 23.0. The summed E-state index contributed by atoms with van der Waals surface area (Å²) < 4.78 is 33.6. The van der Waals surface area contributed by atoms with Gasteiger partial charge in [-0.1, -0.05) is 40.9 Å². The lowest BCUT2D eigenvalue weighted by Crippen LogP contribution is -2.37. The molecule has 170 valence electrons. The van der Waals surface area contributed by atoms with Gasteiger partial charge < -0.3 is 4.74 Å². The third-order valence-corrected chi connectivity index (χ3v) is 7.83. The van der Waals surface area contributed by atoms with Crippen molar-refractivity contribution in [2.75, 3.05) is 17.8 Å². The average molecular weight is 492 g/mol. The summed E-state index contributed by atoms with van der Waals surface area (Å²) in [5, 5.41) is 2.30. The quantitative estimate of drug-likeness (QED) is 0.488. The molecule has 4 rings (SSSR count). The molecule has 0 aliphatic carbocycles. The molecule has 9 heteroatoms. The summed E-state index contributed by atoms with van der Waals surface area (Å²) in [5.41, 5.74) is 3.92. The fraction of sp³-hybridized carbons (Fsp3) is 0.348. The second-order valence-corrected chi connectivity index (χ2v) is 11.1. The van der Waals surface area contributed by atoms with Crippen LogP contribution in [0.3, 0.4) is 0 Å². The van der Waals surface area contributed by atoms with Gasteiger partial charge in [-0.25, -0.2) is 13.4 Å². The van der Waals surface area contributed by atoms with Gasteiger partial charge in [0.15, 0.2) is 5.13 Å². The maximum absolute atomic E-state index is 12.5. The molecule has 2 heterocycles. The van der Waals surface area contributed by atoms with Crippen LogP contribution in [0.4, 0.5) is 5.13 Å². The van der Waals surface area contributed by atoms with Gasteiger partial charge in [-0.05, 0) is 50.5 Å². The Morgan fingerprint density at radius 2 is 1.88 bits per heavy atom. The lowest BCUT2D eigenvalue weighted by molar-refractivity contribution is 0.0968. The average Bonchev–Trinajstić information content (AvgIpc) is 3.22. The van der Waals surface area contributed by atoms with E-state index in [1.807, 2.05) is 0 Å². The SMILES string of the molecule is Cc1cc(C)cc(CN2CCC(Oc3ccc(S(=O)(=O)Nc4nccs4)cc3Cl)CC2)c1. The van der Waals surface area contributed by atoms with E-state index in [-0.39, 0.29) is 16.0 Å². The van der Waals surface area contributed by atoms with Crippen LogP contribution in [0.1, 0.15) is 29.5 Å². The summed E-state index contributed by atoms with van der Waals surface area (Å²) in [6.07, 6.45) is 3.39. The zero-order valence-corrected chi connectivity index (χ0v) is 20.4. The first-order chi connectivity index (χ1) is 15.3. The number of aromatic nitrogens is 1. The lowest BCUT2D eigenvalue weighted by atomic mass is 10.0. The molecular formula is C23H26ClN3O3S2. The van der Waals surface area contributed by atoms with E-state index in [4.69, 9.17) is 16.3 Å². The number of ether oxygens (including phenoxy) is 1. The number of anilines is 1. The maximum Gasteiger partial charge on any atom is 0.263 e. The molecule has 0 atom stereocenters. The van der Waals surface area contributed by atoms with E-state index in [1.54, 1.807) is 17.6 Å². The van der Waals surface area contributed by atoms with Crippen molar-refractivity contribution < 1.29 is 13.2 Å². The Hall–Kier alpha value is -2.13. The van der Waals surface area contributed by atoms with Gasteiger partial charge in [-0.2, -0.15) is 0 Å². The van der Waals surface area contributed by atoms with Crippen LogP contribution in [0.5, 0.6) is 5.75 Å². The number of nitrogens with zero attached hydrogens (tertiary/aromatic N) is 2. The molecule has 1 N–H and O–H groups in total. The maximum atomic E-state index is 12.5. The fourth-order valence-corrected chi connectivity index (χ4v) is 6.08. The third kappa shape index (κ3) is 5.81. The van der Waals surface area contributed by atoms with E-state index in [1.165, 1.54) is 40.2 Å². The van der Waals surface area contributed by atoms with Crippen molar-refractivity contribution in [2.45, 2.75) is 44.2 Å². The van der Waals surface area contributed by atoms with Crippen LogP contribution in [0.2, 0.25) is 5.02 Å². The molecule has 1 aliphatic heterocycles. The van der Waals surface area contributed by atoms with Crippen LogP contribution < -0.4 is 9.46 Å². The van der Waals surface area contributed by atoms with E-state index in [0.717, 1.165) is 32.5 Å². The van der Waals surface area contributed by atoms with Crippen LogP contribution in [-0.2, 0) is 16.6 Å². The fourth-order valence-electron chi connectivity index (χ4n) is 3.98. The molecule has 1 fully saturated rings. The smallest absolute Gasteiger partial charge is 0.263 e. The van der Waals surface area contributed by atoms with Crippen molar-refractivity contribution >= 4 is 38.1 Å². The molecule has 1 aliphatic rings. The molecule has 0 amide bonds. The summed E-state index contributed by atoms with van der Waals surface area (Å²) in [6.45, 7) is 7.09. The molecule has 0 spiro atoms. The molecule has 6 nitrogen and oxygen atoms in total. The molecule has 1 saturated heterocycles. The summed E-state index contributed by atoms with van der Waals surface area (Å²) in [6, 6.07) is 11.2. The number of nitrogens with one attached hydrogen (secondary N) is 1. The van der Waals surface area contributed by atoms with Gasteiger partial charge >= 0.3 is 0 Å². The van der Waals surface area contributed by atoms with Crippen molar-refractivity contribution in [1.82, 2.24) is 9.88 Å². The van der Waals surface area contributed by atoms with Crippen LogP contribution in [0.25, 0.3) is 0 Å². The van der Waals surface area contributed by atoms with Crippen LogP contribution in [0.15, 0.2) is 52.9 Å². The summed E-state index contributed by atoms with van der Waals surface area (Å²) >= 11 is 7.58. The van der Waals surface area contributed by atoms with Crippen molar-refractivity contribution in [3.05, 3.63) is 69.7 Å². The Kier molecular flexibility index (Phi) is 7.05. The van der Waals surface area contributed by atoms with Crippen LogP contribution in [-0.4, -0.2) is 37.5 Å². The minimum Gasteiger partial charge on any atom is -0.489 e.